The Hall–Kier alpha value is -3.93. The summed E-state index contributed by atoms with van der Waals surface area (Å²) < 4.78 is 16.7. The van der Waals surface area contributed by atoms with Crippen LogP contribution in [0.4, 0.5) is 0 Å². The number of hydrogen-bond donors (Lipinski definition) is 0. The van der Waals surface area contributed by atoms with Crippen molar-refractivity contribution < 1.29 is 28.6 Å². The summed E-state index contributed by atoms with van der Waals surface area (Å²) in [7, 11) is 0. The normalized spacial score (nSPS) is 12.9. The molecule has 0 spiro atoms. The second-order valence-corrected chi connectivity index (χ2v) is 19.9. The Kier molecular flexibility index (Phi) is 57.4. The highest BCUT2D eigenvalue weighted by molar-refractivity contribution is 5.71. The van der Waals surface area contributed by atoms with E-state index in [1.807, 2.05) is 0 Å². The molecule has 0 aliphatic heterocycles. The molecule has 416 valence electrons. The van der Waals surface area contributed by atoms with E-state index in [2.05, 4.69) is 130 Å². The standard InChI is InChI=1S/C67H112O6/c1-4-7-10-13-15-17-19-21-23-25-27-29-30-31-32-33-34-35-36-38-39-41-43-45-47-49-51-54-57-60-66(69)72-63-64(62-71-65(68)59-56-53-12-9-6-3)73-67(70)61-58-55-52-50-48-46-44-42-40-37-28-26-24-22-20-18-16-14-11-8-5-2/h7-8,10-11,15-18,21-24,27-29,31-32,37,64H,4-6,9,12-14,19-20,25-26,30,33-36,38-63H2,1-3H3/b10-7-,11-8-,17-15-,18-16-,23-21-,24-22-,29-27-,32-31-,37-28-. The molecule has 1 unspecified atom stereocenters. The van der Waals surface area contributed by atoms with Crippen LogP contribution in [-0.2, 0) is 28.6 Å². The highest BCUT2D eigenvalue weighted by atomic mass is 16.6. The van der Waals surface area contributed by atoms with E-state index in [-0.39, 0.29) is 31.1 Å². The van der Waals surface area contributed by atoms with E-state index in [1.165, 1.54) is 109 Å². The van der Waals surface area contributed by atoms with Gasteiger partial charge in [-0.3, -0.25) is 14.4 Å². The number of rotatable bonds is 54. The first-order valence-electron chi connectivity index (χ1n) is 30.4. The topological polar surface area (TPSA) is 78.9 Å². The number of unbranched alkanes of at least 4 members (excludes halogenated alkanes) is 25. The maximum atomic E-state index is 12.8. The van der Waals surface area contributed by atoms with Crippen LogP contribution >= 0.6 is 0 Å². The van der Waals surface area contributed by atoms with Crippen molar-refractivity contribution in [3.63, 3.8) is 0 Å². The van der Waals surface area contributed by atoms with Crippen molar-refractivity contribution in [1.29, 1.82) is 0 Å². The quantitative estimate of drug-likeness (QED) is 0.0261. The Morgan fingerprint density at radius 2 is 0.534 bits per heavy atom. The van der Waals surface area contributed by atoms with Crippen LogP contribution in [0.3, 0.4) is 0 Å². The number of esters is 3. The number of hydrogen-bond acceptors (Lipinski definition) is 6. The molecule has 6 nitrogen and oxygen atoms in total. The molecule has 0 rings (SSSR count). The fraction of sp³-hybridized carbons (Fsp3) is 0.687. The SMILES string of the molecule is CC/C=C\C/C=C\C/C=C\C/C=C\C/C=C\CCCCCCCCCCCCCCCC(=O)OCC(COC(=O)CCCCCCC)OC(=O)CCCCCCCCCC/C=C\C/C=C\C/C=C\C/C=C\CC. The predicted octanol–water partition coefficient (Wildman–Crippen LogP) is 20.7. The van der Waals surface area contributed by atoms with Gasteiger partial charge in [0.15, 0.2) is 6.10 Å². The summed E-state index contributed by atoms with van der Waals surface area (Å²) in [5.41, 5.74) is 0. The lowest BCUT2D eigenvalue weighted by Crippen LogP contribution is -2.30. The zero-order valence-corrected chi connectivity index (χ0v) is 47.6. The summed E-state index contributed by atoms with van der Waals surface area (Å²) in [5.74, 6) is -0.901. The van der Waals surface area contributed by atoms with Gasteiger partial charge in [-0.25, -0.2) is 0 Å². The van der Waals surface area contributed by atoms with Crippen LogP contribution in [0.15, 0.2) is 109 Å². The van der Waals surface area contributed by atoms with Gasteiger partial charge in [0.25, 0.3) is 0 Å². The van der Waals surface area contributed by atoms with Gasteiger partial charge in [-0.1, -0.05) is 265 Å². The average molecular weight is 1010 g/mol. The largest absolute Gasteiger partial charge is 0.462 e. The van der Waals surface area contributed by atoms with E-state index in [4.69, 9.17) is 14.2 Å². The van der Waals surface area contributed by atoms with Crippen molar-refractivity contribution >= 4 is 17.9 Å². The van der Waals surface area contributed by atoms with Crippen LogP contribution in [0.1, 0.15) is 278 Å². The minimum Gasteiger partial charge on any atom is -0.462 e. The maximum absolute atomic E-state index is 12.8. The molecule has 73 heavy (non-hydrogen) atoms. The third-order valence-corrected chi connectivity index (χ3v) is 12.8. The van der Waals surface area contributed by atoms with E-state index in [0.29, 0.717) is 19.3 Å². The molecule has 0 radical (unpaired) electrons. The summed E-state index contributed by atoms with van der Waals surface area (Å²) in [6.07, 6.45) is 82.8. The molecule has 0 saturated heterocycles. The Morgan fingerprint density at radius 3 is 0.836 bits per heavy atom. The van der Waals surface area contributed by atoms with E-state index < -0.39 is 6.10 Å². The highest BCUT2D eigenvalue weighted by Crippen LogP contribution is 2.16. The van der Waals surface area contributed by atoms with Gasteiger partial charge in [0.05, 0.1) is 0 Å². The van der Waals surface area contributed by atoms with E-state index in [1.54, 1.807) is 0 Å². The van der Waals surface area contributed by atoms with Crippen molar-refractivity contribution in [2.45, 2.75) is 284 Å². The van der Waals surface area contributed by atoms with Crippen molar-refractivity contribution in [2.24, 2.45) is 0 Å². The van der Waals surface area contributed by atoms with Crippen LogP contribution in [0.5, 0.6) is 0 Å². The fourth-order valence-corrected chi connectivity index (χ4v) is 8.28. The van der Waals surface area contributed by atoms with Crippen molar-refractivity contribution in [3.05, 3.63) is 109 Å². The third kappa shape index (κ3) is 58.8. The molecule has 0 saturated carbocycles. The first kappa shape index (κ1) is 69.1. The molecule has 0 aromatic rings. The first-order chi connectivity index (χ1) is 36.0. The van der Waals surface area contributed by atoms with Crippen molar-refractivity contribution in [2.75, 3.05) is 13.2 Å². The maximum Gasteiger partial charge on any atom is 0.306 e. The molecule has 6 heteroatoms. The molecule has 0 heterocycles. The van der Waals surface area contributed by atoms with Gasteiger partial charge in [0.2, 0.25) is 0 Å². The van der Waals surface area contributed by atoms with Crippen LogP contribution < -0.4 is 0 Å². The number of ether oxygens (including phenoxy) is 3. The predicted molar refractivity (Wildman–Crippen MR) is 316 cm³/mol. The third-order valence-electron chi connectivity index (χ3n) is 12.8. The highest BCUT2D eigenvalue weighted by Gasteiger charge is 2.19. The van der Waals surface area contributed by atoms with E-state index in [9.17, 15) is 14.4 Å². The van der Waals surface area contributed by atoms with Gasteiger partial charge in [0.1, 0.15) is 13.2 Å². The Labute approximate surface area is 450 Å². The zero-order chi connectivity index (χ0) is 52.9. The van der Waals surface area contributed by atoms with Gasteiger partial charge in [-0.05, 0) is 103 Å². The molecule has 0 aromatic heterocycles. The summed E-state index contributed by atoms with van der Waals surface area (Å²) in [6.45, 7) is 6.33. The van der Waals surface area contributed by atoms with Crippen LogP contribution in [-0.4, -0.2) is 37.2 Å². The lowest BCUT2D eigenvalue weighted by Gasteiger charge is -2.18. The summed E-state index contributed by atoms with van der Waals surface area (Å²) in [5, 5.41) is 0. The molecular weight excluding hydrogens is 901 g/mol. The summed E-state index contributed by atoms with van der Waals surface area (Å²) >= 11 is 0. The van der Waals surface area contributed by atoms with Crippen LogP contribution in [0.2, 0.25) is 0 Å². The second-order valence-electron chi connectivity index (χ2n) is 19.9. The number of carbonyl (C=O) groups excluding carboxylic acids is 3. The fourth-order valence-electron chi connectivity index (χ4n) is 8.28. The van der Waals surface area contributed by atoms with E-state index in [0.717, 1.165) is 128 Å². The smallest absolute Gasteiger partial charge is 0.306 e. The minimum absolute atomic E-state index is 0.0816. The lowest BCUT2D eigenvalue weighted by molar-refractivity contribution is -0.167. The minimum atomic E-state index is -0.780. The van der Waals surface area contributed by atoms with Gasteiger partial charge in [-0.15, -0.1) is 0 Å². The lowest BCUT2D eigenvalue weighted by atomic mass is 10.0. The molecule has 1 atom stereocenters. The number of carbonyl (C=O) groups is 3. The number of allylic oxidation sites excluding steroid dienone is 18. The molecule has 0 aromatic carbocycles. The molecule has 0 N–H and O–H groups in total. The second kappa shape index (κ2) is 60.6. The van der Waals surface area contributed by atoms with Gasteiger partial charge in [-0.2, -0.15) is 0 Å². The van der Waals surface area contributed by atoms with Gasteiger partial charge in [0, 0.05) is 19.3 Å². The molecule has 0 aliphatic rings. The van der Waals surface area contributed by atoms with E-state index >= 15 is 0 Å². The summed E-state index contributed by atoms with van der Waals surface area (Å²) in [4.78, 5) is 37.9. The van der Waals surface area contributed by atoms with Gasteiger partial charge < -0.3 is 14.2 Å². The molecular formula is C67H112O6. The molecule has 0 amide bonds. The zero-order valence-electron chi connectivity index (χ0n) is 47.6. The monoisotopic (exact) mass is 1010 g/mol. The van der Waals surface area contributed by atoms with Crippen LogP contribution in [0, 0.1) is 0 Å². The molecule has 0 fully saturated rings. The molecule has 0 bridgehead atoms. The Morgan fingerprint density at radius 1 is 0.288 bits per heavy atom. The summed E-state index contributed by atoms with van der Waals surface area (Å²) in [6, 6.07) is 0. The average Bonchev–Trinajstić information content (AvgIpc) is 3.39. The van der Waals surface area contributed by atoms with Crippen molar-refractivity contribution in [3.8, 4) is 0 Å². The Bertz CT molecular complexity index is 1490. The first-order valence-corrected chi connectivity index (χ1v) is 30.4. The van der Waals surface area contributed by atoms with Crippen LogP contribution in [0.25, 0.3) is 0 Å². The van der Waals surface area contributed by atoms with Crippen molar-refractivity contribution in [1.82, 2.24) is 0 Å². The molecule has 0 aliphatic carbocycles. The Balaban J connectivity index is 4.06. The van der Waals surface area contributed by atoms with Gasteiger partial charge >= 0.3 is 17.9 Å².